The van der Waals surface area contributed by atoms with Gasteiger partial charge in [0.25, 0.3) is 11.1 Å². The molecule has 0 fully saturated rings. The first-order valence-corrected chi connectivity index (χ1v) is 17.7. The molecule has 0 radical (unpaired) electrons. The number of thiophene rings is 2. The number of pyridine rings is 2. The van der Waals surface area contributed by atoms with Crippen LogP contribution < -0.4 is 11.1 Å². The first-order valence-electron chi connectivity index (χ1n) is 14.5. The molecular weight excluding hydrogens is 739 g/mol. The molecule has 0 unspecified atom stereocenters. The summed E-state index contributed by atoms with van der Waals surface area (Å²) in [5, 5.41) is 14.8. The van der Waals surface area contributed by atoms with Crippen molar-refractivity contribution in [3.63, 3.8) is 0 Å². The van der Waals surface area contributed by atoms with Gasteiger partial charge in [-0.15, -0.1) is 22.7 Å². The minimum absolute atomic E-state index is 0.106. The summed E-state index contributed by atoms with van der Waals surface area (Å²) >= 11 is 18.3. The summed E-state index contributed by atoms with van der Waals surface area (Å²) < 4.78 is 2.12. The Kier molecular flexibility index (Phi) is 10.7. The summed E-state index contributed by atoms with van der Waals surface area (Å²) in [5.41, 5.74) is 6.75. The number of nitrogens with zero attached hydrogens (tertiary/aromatic N) is 2. The molecular formula is C34H27BrCl2N6O2S2. The molecule has 13 heteroatoms. The molecule has 7 rings (SSSR count). The van der Waals surface area contributed by atoms with Gasteiger partial charge in [0, 0.05) is 50.2 Å². The van der Waals surface area contributed by atoms with Crippen LogP contribution in [0.4, 0.5) is 0 Å². The summed E-state index contributed by atoms with van der Waals surface area (Å²) in [6.07, 6.45) is 6.93. The number of hydrogen-bond donors (Lipinski definition) is 4. The van der Waals surface area contributed by atoms with Crippen LogP contribution in [0.3, 0.4) is 0 Å². The van der Waals surface area contributed by atoms with Crippen LogP contribution in [0.1, 0.15) is 21.1 Å². The zero-order valence-electron chi connectivity index (χ0n) is 24.6. The maximum Gasteiger partial charge on any atom is 0.262 e. The van der Waals surface area contributed by atoms with Crippen LogP contribution in [-0.2, 0) is 25.7 Å². The number of aryl methyl sites for hydroxylation is 4. The van der Waals surface area contributed by atoms with E-state index in [2.05, 4.69) is 52.4 Å². The molecule has 4 N–H and O–H groups in total. The van der Waals surface area contributed by atoms with Crippen molar-refractivity contribution in [2.24, 2.45) is 0 Å². The van der Waals surface area contributed by atoms with E-state index >= 15 is 0 Å². The Bertz CT molecular complexity index is 2220. The molecule has 0 bridgehead atoms. The minimum atomic E-state index is -0.149. The van der Waals surface area contributed by atoms with E-state index in [1.54, 1.807) is 41.1 Å². The van der Waals surface area contributed by atoms with Gasteiger partial charge in [0.2, 0.25) is 0 Å². The van der Waals surface area contributed by atoms with E-state index in [0.29, 0.717) is 10.0 Å². The van der Waals surface area contributed by atoms with Gasteiger partial charge < -0.3 is 9.97 Å². The third kappa shape index (κ3) is 8.68. The SMILES string of the molecule is O=c1[nH]cc(-c2cc(CCc3ccc(Cl)s3)[nH]n2)cc1-c1ccccc1.O=c1[nH]cc(-c2cc(CCc3ccc(Cl)s3)[nH]n2)cc1Br. The molecule has 238 valence electrons. The van der Waals surface area contributed by atoms with Crippen LogP contribution >= 0.6 is 61.8 Å². The van der Waals surface area contributed by atoms with Crippen LogP contribution in [0.5, 0.6) is 0 Å². The molecule has 0 spiro atoms. The van der Waals surface area contributed by atoms with Crippen molar-refractivity contribution < 1.29 is 0 Å². The third-order valence-corrected chi connectivity index (χ3v) is 10.4. The second-order valence-electron chi connectivity index (χ2n) is 10.5. The highest BCUT2D eigenvalue weighted by Crippen LogP contribution is 2.26. The number of halogens is 3. The normalized spacial score (nSPS) is 11.0. The van der Waals surface area contributed by atoms with Crippen LogP contribution in [0.2, 0.25) is 8.67 Å². The Balaban J connectivity index is 0.000000168. The lowest BCUT2D eigenvalue weighted by Gasteiger charge is -2.02. The summed E-state index contributed by atoms with van der Waals surface area (Å²) in [4.78, 5) is 31.5. The molecule has 0 aliphatic rings. The fourth-order valence-electron chi connectivity index (χ4n) is 4.83. The zero-order valence-corrected chi connectivity index (χ0v) is 29.4. The van der Waals surface area contributed by atoms with E-state index in [1.165, 1.54) is 9.75 Å². The molecule has 8 nitrogen and oxygen atoms in total. The molecule has 6 aromatic heterocycles. The average molecular weight is 767 g/mol. The standard InChI is InChI=1S/C20H16ClN3OS.C14H11BrClN3OS/c21-19-9-8-16(26-19)7-6-15-11-18(24-23-15)14-10-17(20(25)22-12-14)13-4-2-1-3-5-13;15-11-5-8(7-17-14(11)20)12-6-9(18-19-12)1-2-10-3-4-13(16)21-10/h1-5,8-12H,6-7H2,(H,22,25)(H,23,24);3-7H,1-2H2,(H,17,20)(H,18,19). The maximum absolute atomic E-state index is 12.2. The lowest BCUT2D eigenvalue weighted by Crippen LogP contribution is -2.08. The Morgan fingerprint density at radius 2 is 1.15 bits per heavy atom. The van der Waals surface area contributed by atoms with Crippen molar-refractivity contribution in [3.05, 3.63) is 146 Å². The summed E-state index contributed by atoms with van der Waals surface area (Å²) in [6.45, 7) is 0. The highest BCUT2D eigenvalue weighted by atomic mass is 79.9. The van der Waals surface area contributed by atoms with Crippen LogP contribution in [0.15, 0.2) is 105 Å². The van der Waals surface area contributed by atoms with Gasteiger partial charge in [-0.05, 0) is 95.7 Å². The lowest BCUT2D eigenvalue weighted by atomic mass is 10.0. The Morgan fingerprint density at radius 1 is 0.617 bits per heavy atom. The number of nitrogens with one attached hydrogen (secondary N) is 4. The van der Waals surface area contributed by atoms with E-state index in [4.69, 9.17) is 23.2 Å². The number of benzene rings is 1. The largest absolute Gasteiger partial charge is 0.328 e. The van der Waals surface area contributed by atoms with E-state index in [9.17, 15) is 9.59 Å². The maximum atomic E-state index is 12.2. The van der Waals surface area contributed by atoms with Crippen LogP contribution in [0.25, 0.3) is 33.6 Å². The second kappa shape index (κ2) is 15.3. The Morgan fingerprint density at radius 3 is 1.66 bits per heavy atom. The summed E-state index contributed by atoms with van der Waals surface area (Å²) in [5.74, 6) is 0. The number of hydrogen-bond acceptors (Lipinski definition) is 6. The first kappa shape index (κ1) is 32.9. The predicted molar refractivity (Wildman–Crippen MR) is 196 cm³/mol. The van der Waals surface area contributed by atoms with Crippen molar-refractivity contribution in [1.82, 2.24) is 30.4 Å². The molecule has 0 aliphatic heterocycles. The summed E-state index contributed by atoms with van der Waals surface area (Å²) in [6, 6.07) is 25.2. The van der Waals surface area contributed by atoms with Crippen LogP contribution in [0, 0.1) is 0 Å². The monoisotopic (exact) mass is 764 g/mol. The molecule has 0 saturated heterocycles. The van der Waals surface area contributed by atoms with E-state index in [0.717, 1.165) is 73.8 Å². The number of aromatic nitrogens is 6. The molecule has 47 heavy (non-hydrogen) atoms. The smallest absolute Gasteiger partial charge is 0.262 e. The van der Waals surface area contributed by atoms with E-state index in [-0.39, 0.29) is 11.1 Å². The van der Waals surface area contributed by atoms with Crippen molar-refractivity contribution in [2.45, 2.75) is 25.7 Å². The molecule has 0 saturated carbocycles. The molecule has 6 heterocycles. The molecule has 0 atom stereocenters. The van der Waals surface area contributed by atoms with Gasteiger partial charge in [-0.1, -0.05) is 53.5 Å². The minimum Gasteiger partial charge on any atom is -0.328 e. The van der Waals surface area contributed by atoms with Gasteiger partial charge in [-0.2, -0.15) is 10.2 Å². The van der Waals surface area contributed by atoms with E-state index < -0.39 is 0 Å². The molecule has 0 aliphatic carbocycles. The number of aromatic amines is 4. The van der Waals surface area contributed by atoms with Crippen LogP contribution in [-0.4, -0.2) is 30.4 Å². The van der Waals surface area contributed by atoms with Gasteiger partial charge in [0.1, 0.15) is 0 Å². The molecule has 1 aromatic carbocycles. The fraction of sp³-hybridized carbons (Fsp3) is 0.118. The number of H-pyrrole nitrogens is 4. The summed E-state index contributed by atoms with van der Waals surface area (Å²) in [7, 11) is 0. The van der Waals surface area contributed by atoms with Gasteiger partial charge in [0.05, 0.1) is 24.5 Å². The zero-order chi connectivity index (χ0) is 32.8. The quantitative estimate of drug-likeness (QED) is 0.117. The van der Waals surface area contributed by atoms with Gasteiger partial charge in [-0.25, -0.2) is 0 Å². The van der Waals surface area contributed by atoms with Gasteiger partial charge in [0.15, 0.2) is 0 Å². The highest BCUT2D eigenvalue weighted by Gasteiger charge is 2.10. The highest BCUT2D eigenvalue weighted by molar-refractivity contribution is 9.10. The first-order chi connectivity index (χ1) is 22.8. The second-order valence-corrected chi connectivity index (χ2v) is 15.0. The van der Waals surface area contributed by atoms with Crippen molar-refractivity contribution in [2.75, 3.05) is 0 Å². The fourth-order valence-corrected chi connectivity index (χ4v) is 7.37. The number of rotatable bonds is 9. The Labute approximate surface area is 296 Å². The molecule has 7 aromatic rings. The topological polar surface area (TPSA) is 123 Å². The van der Waals surface area contributed by atoms with Crippen molar-refractivity contribution in [3.8, 4) is 33.6 Å². The van der Waals surface area contributed by atoms with Crippen molar-refractivity contribution in [1.29, 1.82) is 0 Å². The lowest BCUT2D eigenvalue weighted by molar-refractivity contribution is 0.904. The van der Waals surface area contributed by atoms with Gasteiger partial charge >= 0.3 is 0 Å². The van der Waals surface area contributed by atoms with Crippen molar-refractivity contribution >= 4 is 61.8 Å². The predicted octanol–water partition coefficient (Wildman–Crippen LogP) is 8.96. The van der Waals surface area contributed by atoms with E-state index in [1.807, 2.05) is 66.7 Å². The Hall–Kier alpha value is -4.00. The molecule has 0 amide bonds. The average Bonchev–Trinajstić information content (AvgIpc) is 3.90. The third-order valence-electron chi connectivity index (χ3n) is 7.24. The van der Waals surface area contributed by atoms with Gasteiger partial charge in [-0.3, -0.25) is 19.8 Å².